The van der Waals surface area contributed by atoms with Gasteiger partial charge in [-0.15, -0.1) is 0 Å². The number of hydrogen-bond donors (Lipinski definition) is 1. The number of aromatic hydroxyl groups is 1. The molecule has 1 saturated heterocycles. The Morgan fingerprint density at radius 2 is 1.29 bits per heavy atom. The third kappa shape index (κ3) is 9.05. The van der Waals surface area contributed by atoms with Crippen molar-refractivity contribution >= 4 is 59.5 Å². The van der Waals surface area contributed by atoms with E-state index in [0.717, 1.165) is 74.2 Å². The van der Waals surface area contributed by atoms with Gasteiger partial charge >= 0.3 is 0 Å². The van der Waals surface area contributed by atoms with Crippen LogP contribution in [0, 0.1) is 12.8 Å². The lowest BCUT2D eigenvalue weighted by molar-refractivity contribution is -0.110. The summed E-state index contributed by atoms with van der Waals surface area (Å²) in [6, 6.07) is 53.8. The molecule has 0 bridgehead atoms. The van der Waals surface area contributed by atoms with Crippen LogP contribution in [-0.4, -0.2) is 80.6 Å². The second-order valence-corrected chi connectivity index (χ2v) is 26.3. The van der Waals surface area contributed by atoms with Crippen LogP contribution in [0.2, 0.25) is 13.1 Å². The number of ketones is 1. The highest BCUT2D eigenvalue weighted by atomic mass is 35.5. The lowest BCUT2D eigenvalue weighted by Crippen LogP contribution is -3.00. The fourth-order valence-corrected chi connectivity index (χ4v) is 18.5. The number of amides is 1. The molecule has 65 heavy (non-hydrogen) atoms. The van der Waals surface area contributed by atoms with Crippen LogP contribution < -0.4 is 38.4 Å². The van der Waals surface area contributed by atoms with Crippen molar-refractivity contribution in [3.63, 3.8) is 0 Å². The molecule has 1 amide bonds. The van der Waals surface area contributed by atoms with Gasteiger partial charge in [-0.2, -0.15) is 0 Å². The van der Waals surface area contributed by atoms with Crippen LogP contribution in [0.5, 0.6) is 5.75 Å². The van der Waals surface area contributed by atoms with Crippen molar-refractivity contribution in [1.82, 2.24) is 9.80 Å². The van der Waals surface area contributed by atoms with Crippen molar-refractivity contribution in [2.45, 2.75) is 38.8 Å². The summed E-state index contributed by atoms with van der Waals surface area (Å²) in [6.45, 7) is 11.1. The summed E-state index contributed by atoms with van der Waals surface area (Å²) in [5.74, 6) is 0.494. The second-order valence-electron chi connectivity index (χ2n) is 18.3. The topological polar surface area (TPSA) is 64.1 Å². The highest BCUT2D eigenvalue weighted by Gasteiger charge is 2.47. The average Bonchev–Trinajstić information content (AvgIpc) is 3.33. The molecule has 2 aliphatic heterocycles. The van der Waals surface area contributed by atoms with Crippen LogP contribution in [0.15, 0.2) is 175 Å². The number of anilines is 2. The van der Waals surface area contributed by atoms with Gasteiger partial charge in [0, 0.05) is 62.0 Å². The molecule has 1 aliphatic carbocycles. The summed E-state index contributed by atoms with van der Waals surface area (Å²) in [6.07, 6.45) is 9.14. The zero-order valence-electron chi connectivity index (χ0n) is 37.9. The van der Waals surface area contributed by atoms with Gasteiger partial charge in [-0.25, -0.2) is 0 Å². The van der Waals surface area contributed by atoms with Gasteiger partial charge in [-0.1, -0.05) is 91.1 Å². The van der Waals surface area contributed by atoms with Gasteiger partial charge in [0.1, 0.15) is 37.0 Å². The normalized spacial score (nSPS) is 17.9. The Hall–Kier alpha value is -5.56. The predicted octanol–water partition coefficient (Wildman–Crippen LogP) is 6.29. The fraction of sp³-hybridized carbons (Fsp3) is 0.250. The number of piperazine rings is 1. The van der Waals surface area contributed by atoms with E-state index in [9.17, 15) is 14.7 Å². The molecule has 1 fully saturated rings. The molecule has 0 aromatic heterocycles. The number of fused-ring (bicyclic) bond motifs is 2. The maximum absolute atomic E-state index is 14.1. The number of carbonyl (C=O) groups excluding carboxylic acids is 2. The van der Waals surface area contributed by atoms with E-state index in [1.54, 1.807) is 18.2 Å². The van der Waals surface area contributed by atoms with Crippen molar-refractivity contribution in [3.05, 3.63) is 197 Å². The van der Waals surface area contributed by atoms with E-state index < -0.39 is 15.3 Å². The number of aryl methyl sites for hydroxylation is 1. The van der Waals surface area contributed by atoms with E-state index >= 15 is 0 Å². The minimum atomic E-state index is -2.25. The summed E-state index contributed by atoms with van der Waals surface area (Å²) in [7, 11) is -2.05. The van der Waals surface area contributed by atoms with Crippen molar-refractivity contribution in [1.29, 1.82) is 0 Å². The molecule has 6 nitrogen and oxygen atoms in total. The number of nitrogens with zero attached hydrogens (tertiary/aromatic N) is 3. The second kappa shape index (κ2) is 19.5. The maximum atomic E-state index is 14.1. The van der Waals surface area contributed by atoms with Gasteiger partial charge in [0.2, 0.25) is 0 Å². The maximum Gasteiger partial charge on any atom is 0.253 e. The van der Waals surface area contributed by atoms with E-state index in [4.69, 9.17) is 0 Å². The average molecular weight is 917 g/mol. The van der Waals surface area contributed by atoms with Crippen molar-refractivity contribution in [2.75, 3.05) is 50.8 Å². The largest absolute Gasteiger partial charge is 1.00 e. The number of rotatable bonds is 12. The first-order valence-corrected chi connectivity index (χ1v) is 27.8. The molecule has 3 aliphatic rings. The molecular weight excluding hydrogens is 857 g/mol. The van der Waals surface area contributed by atoms with Crippen LogP contribution in [0.25, 0.3) is 0 Å². The molecule has 2 unspecified atom stereocenters. The Morgan fingerprint density at radius 1 is 0.723 bits per heavy atom. The zero-order chi connectivity index (χ0) is 44.4. The summed E-state index contributed by atoms with van der Waals surface area (Å²) in [5.41, 5.74) is 6.37. The molecule has 332 valence electrons. The van der Waals surface area contributed by atoms with Gasteiger partial charge in [0.15, 0.2) is 5.78 Å². The number of halogens is 1. The number of hydrogen-bond acceptors (Lipinski definition) is 5. The quantitative estimate of drug-likeness (QED) is 0.0891. The van der Waals surface area contributed by atoms with Crippen LogP contribution in [-0.2, 0) is 4.79 Å². The lowest BCUT2D eigenvalue weighted by Gasteiger charge is -2.45. The van der Waals surface area contributed by atoms with Crippen LogP contribution in [0.1, 0.15) is 45.8 Å². The standard InChI is InChI=1S/C56H58N3O3PSi.ClH/c1-41-38-42(22-29-50(41)55-51-30-25-44(57(2)43-23-26-45(60)27-24-43)39-53(51)64(3,4)54-40-46(61)28-31-52(54)55)56(62)59-35-33-58(34-36-59)32-14-15-37-63(47-16-8-5-9-17-47,48-18-10-6-11-19-48)49-20-12-7-13-21-49;/h5-13,16-31,38-40,52,55H,14-15,32-37H2,1-4H3;1H. The van der Waals surface area contributed by atoms with Gasteiger partial charge in [-0.3, -0.25) is 14.5 Å². The summed E-state index contributed by atoms with van der Waals surface area (Å²) in [5, 5.41) is 16.8. The third-order valence-electron chi connectivity index (χ3n) is 14.2. The minimum absolute atomic E-state index is 0. The zero-order valence-corrected chi connectivity index (χ0v) is 40.6. The van der Waals surface area contributed by atoms with Crippen LogP contribution >= 0.6 is 7.26 Å². The molecule has 2 atom stereocenters. The van der Waals surface area contributed by atoms with E-state index in [-0.39, 0.29) is 41.7 Å². The Labute approximate surface area is 393 Å². The molecule has 0 saturated carbocycles. The van der Waals surface area contributed by atoms with Gasteiger partial charge in [0.05, 0.1) is 6.16 Å². The highest BCUT2D eigenvalue weighted by molar-refractivity contribution is 7.95. The minimum Gasteiger partial charge on any atom is -1.00 e. The molecule has 1 N–H and O–H groups in total. The van der Waals surface area contributed by atoms with Crippen molar-refractivity contribution in [2.24, 2.45) is 5.92 Å². The molecule has 0 radical (unpaired) electrons. The lowest BCUT2D eigenvalue weighted by atomic mass is 9.76. The smallest absolute Gasteiger partial charge is 0.253 e. The molecule has 9 heteroatoms. The van der Waals surface area contributed by atoms with Crippen LogP contribution in [0.3, 0.4) is 0 Å². The Morgan fingerprint density at radius 3 is 1.88 bits per heavy atom. The Bertz CT molecular complexity index is 2600. The molecule has 2 heterocycles. The Kier molecular flexibility index (Phi) is 13.8. The first-order valence-electron chi connectivity index (χ1n) is 22.8. The summed E-state index contributed by atoms with van der Waals surface area (Å²) in [4.78, 5) is 33.8. The molecule has 0 spiro atoms. The van der Waals surface area contributed by atoms with E-state index in [1.807, 2.05) is 29.2 Å². The summed E-state index contributed by atoms with van der Waals surface area (Å²) >= 11 is 0. The first kappa shape index (κ1) is 46.0. The number of unbranched alkanes of at least 4 members (excludes halogenated alkanes) is 1. The molecule has 6 aromatic carbocycles. The number of allylic oxidation sites excluding steroid dienone is 4. The monoisotopic (exact) mass is 915 g/mol. The molecular formula is C56H59ClN3O3PSi. The number of phenolic OH excluding ortho intramolecular Hbond substituents is 1. The van der Waals surface area contributed by atoms with Crippen molar-refractivity contribution in [3.8, 4) is 5.75 Å². The van der Waals surface area contributed by atoms with Crippen LogP contribution in [0.4, 0.5) is 11.4 Å². The number of phenols is 1. The fourth-order valence-electron chi connectivity index (χ4n) is 10.7. The van der Waals surface area contributed by atoms with Gasteiger partial charge in [0.25, 0.3) is 5.91 Å². The van der Waals surface area contributed by atoms with Crippen molar-refractivity contribution < 1.29 is 27.1 Å². The van der Waals surface area contributed by atoms with Gasteiger partial charge in [-0.05, 0) is 145 Å². The number of benzene rings is 6. The predicted molar refractivity (Wildman–Crippen MR) is 270 cm³/mol. The van der Waals surface area contributed by atoms with Gasteiger partial charge < -0.3 is 27.3 Å². The first-order chi connectivity index (χ1) is 31.0. The SMILES string of the molecule is Cc1cc(C(=O)N2CCN(CCCC[P+](c3ccccc3)(c3ccccc3)c3ccccc3)CC2)ccc1C1c2ccc(N(C)c3ccc(O)cc3)cc2[Si](C)(C)C2=CC(=O)C=CC21.[Cl-]. The highest BCUT2D eigenvalue weighted by Crippen LogP contribution is 2.56. The Balaban J connectivity index is 0.00000576. The third-order valence-corrected chi connectivity index (χ3v) is 22.4. The molecule has 9 rings (SSSR count). The van der Waals surface area contributed by atoms with E-state index in [1.165, 1.54) is 37.4 Å². The van der Waals surface area contributed by atoms with E-state index in [2.05, 4.69) is 164 Å². The van der Waals surface area contributed by atoms with E-state index in [0.29, 0.717) is 0 Å². The summed E-state index contributed by atoms with van der Waals surface area (Å²) < 4.78 is 0. The molecule has 6 aromatic rings. The number of carbonyl (C=O) groups is 2.